The van der Waals surface area contributed by atoms with Crippen molar-refractivity contribution >= 4 is 32.7 Å². The molecule has 2 aliphatic rings. The summed E-state index contributed by atoms with van der Waals surface area (Å²) >= 11 is 1.40. The predicted molar refractivity (Wildman–Crippen MR) is 104 cm³/mol. The number of aliphatic imine (C=N–C) groups is 1. The van der Waals surface area contributed by atoms with E-state index in [1.165, 1.54) is 11.8 Å². The van der Waals surface area contributed by atoms with Crippen molar-refractivity contribution in [2.75, 3.05) is 18.6 Å². The van der Waals surface area contributed by atoms with Crippen LogP contribution in [-0.4, -0.2) is 54.3 Å². The van der Waals surface area contributed by atoms with E-state index >= 15 is 0 Å². The Morgan fingerprint density at radius 1 is 1.31 bits per heavy atom. The highest BCUT2D eigenvalue weighted by Gasteiger charge is 2.49. The molecule has 0 bridgehead atoms. The van der Waals surface area contributed by atoms with Crippen LogP contribution in [0.4, 0.5) is 0 Å². The third-order valence-electron chi connectivity index (χ3n) is 4.55. The minimum Gasteiger partial charge on any atom is -0.496 e. The quantitative estimate of drug-likeness (QED) is 0.781. The lowest BCUT2D eigenvalue weighted by atomic mass is 9.96. The minimum atomic E-state index is -3.06. The SMILES string of the molecule is COc1ccccc1CN1C(=NC(=O)C(C)(C)C)S[C@H]2CS(=O)(=O)C[C@@H]21. The number of nitrogens with zero attached hydrogens (tertiary/aromatic N) is 2. The molecule has 3 rings (SSSR count). The molecular weight excluding hydrogens is 372 g/mol. The van der Waals surface area contributed by atoms with Gasteiger partial charge >= 0.3 is 0 Å². The van der Waals surface area contributed by atoms with Crippen LogP contribution in [0.5, 0.6) is 5.75 Å². The first kappa shape index (κ1) is 19.2. The number of thioether (sulfide) groups is 1. The number of benzene rings is 1. The number of methoxy groups -OCH3 is 1. The van der Waals surface area contributed by atoms with Gasteiger partial charge in [0, 0.05) is 22.8 Å². The number of ether oxygens (including phenoxy) is 1. The highest BCUT2D eigenvalue weighted by Crippen LogP contribution is 2.40. The van der Waals surface area contributed by atoms with E-state index in [0.717, 1.165) is 11.3 Å². The van der Waals surface area contributed by atoms with Crippen LogP contribution in [0.3, 0.4) is 0 Å². The molecule has 1 aromatic carbocycles. The summed E-state index contributed by atoms with van der Waals surface area (Å²) in [5, 5.41) is 0.530. The molecule has 6 nitrogen and oxygen atoms in total. The maximum atomic E-state index is 12.4. The molecule has 0 aliphatic carbocycles. The molecule has 0 saturated carbocycles. The van der Waals surface area contributed by atoms with Gasteiger partial charge in [-0.2, -0.15) is 4.99 Å². The lowest BCUT2D eigenvalue weighted by molar-refractivity contribution is -0.124. The number of fused-ring (bicyclic) bond motifs is 1. The lowest BCUT2D eigenvalue weighted by Gasteiger charge is -2.26. The van der Waals surface area contributed by atoms with Gasteiger partial charge in [0.25, 0.3) is 5.91 Å². The number of amidine groups is 1. The normalized spacial score (nSPS) is 26.2. The fourth-order valence-corrected chi connectivity index (χ4v) is 7.04. The Bertz CT molecular complexity index is 843. The second kappa shape index (κ2) is 6.88. The van der Waals surface area contributed by atoms with Gasteiger partial charge in [0.1, 0.15) is 5.75 Å². The van der Waals surface area contributed by atoms with Gasteiger partial charge in [-0.3, -0.25) is 4.79 Å². The molecule has 1 amide bonds. The van der Waals surface area contributed by atoms with Gasteiger partial charge in [0.2, 0.25) is 0 Å². The average molecular weight is 397 g/mol. The van der Waals surface area contributed by atoms with Gasteiger partial charge in [-0.1, -0.05) is 50.7 Å². The number of rotatable bonds is 3. The molecule has 8 heteroatoms. The number of sulfone groups is 1. The summed E-state index contributed by atoms with van der Waals surface area (Å²) in [5.74, 6) is 0.770. The first-order valence-corrected chi connectivity index (χ1v) is 11.2. The number of amides is 1. The second-order valence-electron chi connectivity index (χ2n) is 7.69. The number of carbonyl (C=O) groups is 1. The Morgan fingerprint density at radius 2 is 2.00 bits per heavy atom. The van der Waals surface area contributed by atoms with Crippen LogP contribution in [-0.2, 0) is 21.2 Å². The maximum Gasteiger partial charge on any atom is 0.253 e. The Kier molecular flexibility index (Phi) is 5.09. The first-order chi connectivity index (χ1) is 12.1. The van der Waals surface area contributed by atoms with Gasteiger partial charge in [-0.05, 0) is 6.07 Å². The molecule has 0 aromatic heterocycles. The van der Waals surface area contributed by atoms with E-state index in [9.17, 15) is 13.2 Å². The van der Waals surface area contributed by atoms with Crippen molar-refractivity contribution in [3.63, 3.8) is 0 Å². The topological polar surface area (TPSA) is 76.0 Å². The van der Waals surface area contributed by atoms with Crippen LogP contribution in [0.25, 0.3) is 0 Å². The summed E-state index contributed by atoms with van der Waals surface area (Å²) in [5.41, 5.74) is 0.365. The van der Waals surface area contributed by atoms with E-state index < -0.39 is 15.3 Å². The molecule has 142 valence electrons. The van der Waals surface area contributed by atoms with Gasteiger partial charge in [0.15, 0.2) is 15.0 Å². The fraction of sp³-hybridized carbons (Fsp3) is 0.556. The van der Waals surface area contributed by atoms with Gasteiger partial charge in [0.05, 0.1) is 24.7 Å². The molecule has 1 aromatic rings. The highest BCUT2D eigenvalue weighted by molar-refractivity contribution is 8.15. The second-order valence-corrected chi connectivity index (χ2v) is 11.0. The Balaban J connectivity index is 1.95. The van der Waals surface area contributed by atoms with Crippen LogP contribution in [0, 0.1) is 5.41 Å². The summed E-state index contributed by atoms with van der Waals surface area (Å²) in [6, 6.07) is 7.46. The molecule has 0 N–H and O–H groups in total. The van der Waals surface area contributed by atoms with E-state index in [1.807, 2.05) is 49.9 Å². The van der Waals surface area contributed by atoms with Gasteiger partial charge in [-0.15, -0.1) is 0 Å². The number of para-hydroxylation sites is 1. The monoisotopic (exact) mass is 396 g/mol. The molecule has 0 radical (unpaired) electrons. The third-order valence-corrected chi connectivity index (χ3v) is 7.79. The first-order valence-electron chi connectivity index (χ1n) is 8.49. The summed E-state index contributed by atoms with van der Waals surface area (Å²) < 4.78 is 29.6. The van der Waals surface area contributed by atoms with Crippen molar-refractivity contribution < 1.29 is 17.9 Å². The van der Waals surface area contributed by atoms with E-state index in [0.29, 0.717) is 11.7 Å². The zero-order valence-electron chi connectivity index (χ0n) is 15.4. The maximum absolute atomic E-state index is 12.4. The van der Waals surface area contributed by atoms with Crippen molar-refractivity contribution in [1.29, 1.82) is 0 Å². The molecule has 2 saturated heterocycles. The summed E-state index contributed by atoms with van der Waals surface area (Å²) in [4.78, 5) is 18.7. The minimum absolute atomic E-state index is 0.0822. The van der Waals surface area contributed by atoms with Crippen LogP contribution in [0.1, 0.15) is 26.3 Å². The van der Waals surface area contributed by atoms with E-state index in [1.54, 1.807) is 7.11 Å². The molecule has 26 heavy (non-hydrogen) atoms. The Labute approximate surface area is 158 Å². The lowest BCUT2D eigenvalue weighted by Crippen LogP contribution is -2.37. The molecule has 0 spiro atoms. The smallest absolute Gasteiger partial charge is 0.253 e. The van der Waals surface area contributed by atoms with Crippen LogP contribution >= 0.6 is 11.8 Å². The molecule has 2 fully saturated rings. The summed E-state index contributed by atoms with van der Waals surface area (Å²) in [6.07, 6.45) is 0. The van der Waals surface area contributed by atoms with E-state index in [-0.39, 0.29) is 28.7 Å². The van der Waals surface area contributed by atoms with Gasteiger partial charge < -0.3 is 9.64 Å². The van der Waals surface area contributed by atoms with Crippen molar-refractivity contribution in [2.45, 2.75) is 38.6 Å². The van der Waals surface area contributed by atoms with Gasteiger partial charge in [-0.25, -0.2) is 8.42 Å². The van der Waals surface area contributed by atoms with E-state index in [2.05, 4.69) is 4.99 Å². The van der Waals surface area contributed by atoms with Crippen molar-refractivity contribution in [3.8, 4) is 5.75 Å². The molecule has 2 atom stereocenters. The largest absolute Gasteiger partial charge is 0.496 e. The van der Waals surface area contributed by atoms with E-state index in [4.69, 9.17) is 4.74 Å². The van der Waals surface area contributed by atoms with Crippen LogP contribution in [0.2, 0.25) is 0 Å². The molecule has 2 heterocycles. The zero-order chi connectivity index (χ0) is 19.1. The molecule has 2 aliphatic heterocycles. The average Bonchev–Trinajstić information content (AvgIpc) is 3.00. The fourth-order valence-electron chi connectivity index (χ4n) is 3.09. The predicted octanol–water partition coefficient (Wildman–Crippen LogP) is 2.34. The Hall–Kier alpha value is -1.54. The summed E-state index contributed by atoms with van der Waals surface area (Å²) in [6.45, 7) is 5.95. The summed E-state index contributed by atoms with van der Waals surface area (Å²) in [7, 11) is -1.45. The Morgan fingerprint density at radius 3 is 2.65 bits per heavy atom. The van der Waals surface area contributed by atoms with Crippen LogP contribution in [0.15, 0.2) is 29.3 Å². The number of carbonyl (C=O) groups excluding carboxylic acids is 1. The standard InChI is InChI=1S/C18H24N2O4S2/c1-18(2,3)16(21)19-17-20(9-12-7-5-6-8-14(12)24-4)13-10-26(22,23)11-15(13)25-17/h5-8,13,15H,9-11H2,1-4H3/t13-,15-/m0/s1. The molecule has 0 unspecified atom stereocenters. The van der Waals surface area contributed by atoms with Crippen molar-refractivity contribution in [2.24, 2.45) is 10.4 Å². The third kappa shape index (κ3) is 3.91. The molecular formula is C18H24N2O4S2. The van der Waals surface area contributed by atoms with Crippen molar-refractivity contribution in [1.82, 2.24) is 4.90 Å². The zero-order valence-corrected chi connectivity index (χ0v) is 17.1. The number of hydrogen-bond donors (Lipinski definition) is 0. The van der Waals surface area contributed by atoms with Crippen molar-refractivity contribution in [3.05, 3.63) is 29.8 Å². The highest BCUT2D eigenvalue weighted by atomic mass is 32.2. The number of hydrogen-bond acceptors (Lipinski definition) is 5. The van der Waals surface area contributed by atoms with Crippen LogP contribution < -0.4 is 4.74 Å².